The quantitative estimate of drug-likeness (QED) is 0.808. The molecule has 0 atom stereocenters. The molecule has 2 rings (SSSR count). The van der Waals surface area contributed by atoms with Crippen molar-refractivity contribution in [1.82, 2.24) is 10.3 Å². The maximum absolute atomic E-state index is 4.50. The summed E-state index contributed by atoms with van der Waals surface area (Å²) in [5, 5.41) is 4.55. The Balaban J connectivity index is 2.08. The van der Waals surface area contributed by atoms with Crippen LogP contribution in [0.3, 0.4) is 0 Å². The van der Waals surface area contributed by atoms with E-state index in [4.69, 9.17) is 0 Å². The van der Waals surface area contributed by atoms with Crippen LogP contribution in [0.4, 0.5) is 0 Å². The first-order valence-electron chi connectivity index (χ1n) is 6.54. The van der Waals surface area contributed by atoms with Crippen LogP contribution in [-0.2, 0) is 0 Å². The third-order valence-corrected chi connectivity index (χ3v) is 2.85. The second kappa shape index (κ2) is 6.31. The molecule has 0 spiro atoms. The summed E-state index contributed by atoms with van der Waals surface area (Å²) in [6.45, 7) is 6.20. The summed E-state index contributed by atoms with van der Waals surface area (Å²) >= 11 is 0. The molecular formula is C16H20N2. The van der Waals surface area contributed by atoms with Gasteiger partial charge in [-0.15, -0.1) is 0 Å². The highest BCUT2D eigenvalue weighted by molar-refractivity contribution is 5.81. The monoisotopic (exact) mass is 240 g/mol. The van der Waals surface area contributed by atoms with E-state index in [-0.39, 0.29) is 0 Å². The van der Waals surface area contributed by atoms with Gasteiger partial charge in [-0.2, -0.15) is 0 Å². The smallest absolute Gasteiger partial charge is 0.0705 e. The van der Waals surface area contributed by atoms with Gasteiger partial charge in [0.25, 0.3) is 0 Å². The fourth-order valence-corrected chi connectivity index (χ4v) is 1.91. The van der Waals surface area contributed by atoms with E-state index >= 15 is 0 Å². The van der Waals surface area contributed by atoms with E-state index in [1.165, 1.54) is 17.4 Å². The minimum atomic E-state index is 0.929. The lowest BCUT2D eigenvalue weighted by Gasteiger charge is -2.01. The highest BCUT2D eigenvalue weighted by Crippen LogP contribution is 2.15. The predicted octanol–water partition coefficient (Wildman–Crippen LogP) is 3.56. The SMILES string of the molecule is CCCNC/C=C/c1ccc2nc(C)ccc2c1. The van der Waals surface area contributed by atoms with Gasteiger partial charge in [-0.3, -0.25) is 4.98 Å². The Morgan fingerprint density at radius 1 is 1.22 bits per heavy atom. The number of hydrogen-bond acceptors (Lipinski definition) is 2. The third-order valence-electron chi connectivity index (χ3n) is 2.85. The Kier molecular flexibility index (Phi) is 4.48. The number of fused-ring (bicyclic) bond motifs is 1. The predicted molar refractivity (Wildman–Crippen MR) is 78.7 cm³/mol. The van der Waals surface area contributed by atoms with Gasteiger partial charge in [0.05, 0.1) is 5.52 Å². The van der Waals surface area contributed by atoms with Crippen LogP contribution in [0, 0.1) is 6.92 Å². The molecule has 0 aliphatic rings. The first-order chi connectivity index (χ1) is 8.79. The van der Waals surface area contributed by atoms with Crippen molar-refractivity contribution in [3.63, 3.8) is 0 Å². The second-order valence-electron chi connectivity index (χ2n) is 4.51. The van der Waals surface area contributed by atoms with Gasteiger partial charge in [0.15, 0.2) is 0 Å². The van der Waals surface area contributed by atoms with Crippen LogP contribution >= 0.6 is 0 Å². The van der Waals surface area contributed by atoms with E-state index in [2.05, 4.69) is 59.7 Å². The maximum Gasteiger partial charge on any atom is 0.0705 e. The molecule has 0 fully saturated rings. The van der Waals surface area contributed by atoms with E-state index < -0.39 is 0 Å². The summed E-state index contributed by atoms with van der Waals surface area (Å²) in [5.74, 6) is 0. The second-order valence-corrected chi connectivity index (χ2v) is 4.51. The molecule has 1 aromatic heterocycles. The molecule has 1 N–H and O–H groups in total. The van der Waals surface area contributed by atoms with E-state index in [1.54, 1.807) is 0 Å². The van der Waals surface area contributed by atoms with E-state index in [1.807, 2.05) is 6.92 Å². The molecule has 0 radical (unpaired) electrons. The normalized spacial score (nSPS) is 11.4. The average molecular weight is 240 g/mol. The van der Waals surface area contributed by atoms with Crippen LogP contribution in [0.2, 0.25) is 0 Å². The van der Waals surface area contributed by atoms with Crippen molar-refractivity contribution in [2.45, 2.75) is 20.3 Å². The summed E-state index contributed by atoms with van der Waals surface area (Å²) < 4.78 is 0. The Bertz CT molecular complexity index is 544. The summed E-state index contributed by atoms with van der Waals surface area (Å²) in [7, 11) is 0. The molecule has 1 heterocycles. The molecule has 0 saturated heterocycles. The Morgan fingerprint density at radius 3 is 2.94 bits per heavy atom. The molecule has 18 heavy (non-hydrogen) atoms. The van der Waals surface area contributed by atoms with Gasteiger partial charge >= 0.3 is 0 Å². The summed E-state index contributed by atoms with van der Waals surface area (Å²) in [6.07, 6.45) is 5.50. The number of aromatic nitrogens is 1. The number of nitrogens with one attached hydrogen (secondary N) is 1. The molecule has 0 saturated carbocycles. The first kappa shape index (κ1) is 12.8. The lowest BCUT2D eigenvalue weighted by atomic mass is 10.1. The van der Waals surface area contributed by atoms with Crippen molar-refractivity contribution in [2.75, 3.05) is 13.1 Å². The van der Waals surface area contributed by atoms with Crippen LogP contribution in [0.5, 0.6) is 0 Å². The van der Waals surface area contributed by atoms with Gasteiger partial charge in [0.1, 0.15) is 0 Å². The third kappa shape index (κ3) is 3.41. The summed E-state index contributed by atoms with van der Waals surface area (Å²) in [4.78, 5) is 4.50. The lowest BCUT2D eigenvalue weighted by Crippen LogP contribution is -2.13. The number of nitrogens with zero attached hydrogens (tertiary/aromatic N) is 1. The fraction of sp³-hybridized carbons (Fsp3) is 0.312. The highest BCUT2D eigenvalue weighted by Gasteiger charge is 1.95. The number of hydrogen-bond donors (Lipinski definition) is 1. The Labute approximate surface area is 109 Å². The van der Waals surface area contributed by atoms with Crippen LogP contribution < -0.4 is 5.32 Å². The average Bonchev–Trinajstić information content (AvgIpc) is 2.38. The van der Waals surface area contributed by atoms with Crippen molar-refractivity contribution in [3.05, 3.63) is 47.7 Å². The molecule has 2 nitrogen and oxygen atoms in total. The number of aryl methyl sites for hydroxylation is 1. The van der Waals surface area contributed by atoms with Gasteiger partial charge in [-0.25, -0.2) is 0 Å². The summed E-state index contributed by atoms with van der Waals surface area (Å²) in [6, 6.07) is 10.6. The van der Waals surface area contributed by atoms with Gasteiger partial charge in [0.2, 0.25) is 0 Å². The van der Waals surface area contributed by atoms with E-state index in [0.29, 0.717) is 0 Å². The van der Waals surface area contributed by atoms with Crippen LogP contribution in [0.25, 0.3) is 17.0 Å². The zero-order chi connectivity index (χ0) is 12.8. The van der Waals surface area contributed by atoms with E-state index in [0.717, 1.165) is 24.3 Å². The van der Waals surface area contributed by atoms with Crippen molar-refractivity contribution in [2.24, 2.45) is 0 Å². The topological polar surface area (TPSA) is 24.9 Å². The zero-order valence-corrected chi connectivity index (χ0v) is 11.1. The number of rotatable bonds is 5. The highest BCUT2D eigenvalue weighted by atomic mass is 14.8. The van der Waals surface area contributed by atoms with Crippen LogP contribution in [-0.4, -0.2) is 18.1 Å². The molecular weight excluding hydrogens is 220 g/mol. The summed E-state index contributed by atoms with van der Waals surface area (Å²) in [5.41, 5.74) is 3.36. The molecule has 2 aromatic rings. The Morgan fingerprint density at radius 2 is 2.11 bits per heavy atom. The first-order valence-corrected chi connectivity index (χ1v) is 6.54. The van der Waals surface area contributed by atoms with Crippen molar-refractivity contribution in [3.8, 4) is 0 Å². The molecule has 0 unspecified atom stereocenters. The number of benzene rings is 1. The molecule has 94 valence electrons. The Hall–Kier alpha value is -1.67. The van der Waals surface area contributed by atoms with Crippen molar-refractivity contribution < 1.29 is 0 Å². The largest absolute Gasteiger partial charge is 0.313 e. The van der Waals surface area contributed by atoms with Crippen molar-refractivity contribution >= 4 is 17.0 Å². The van der Waals surface area contributed by atoms with Crippen molar-refractivity contribution in [1.29, 1.82) is 0 Å². The minimum absolute atomic E-state index is 0.929. The zero-order valence-electron chi connectivity index (χ0n) is 11.1. The maximum atomic E-state index is 4.50. The lowest BCUT2D eigenvalue weighted by molar-refractivity contribution is 0.730. The van der Waals surface area contributed by atoms with Gasteiger partial charge in [-0.05, 0) is 43.7 Å². The molecule has 0 bridgehead atoms. The van der Waals surface area contributed by atoms with Gasteiger partial charge < -0.3 is 5.32 Å². The number of pyridine rings is 1. The van der Waals surface area contributed by atoms with Crippen LogP contribution in [0.15, 0.2) is 36.4 Å². The molecule has 0 aliphatic heterocycles. The fourth-order valence-electron chi connectivity index (χ4n) is 1.91. The molecule has 1 aromatic carbocycles. The van der Waals surface area contributed by atoms with Gasteiger partial charge in [-0.1, -0.05) is 31.2 Å². The molecule has 0 amide bonds. The molecule has 2 heteroatoms. The van der Waals surface area contributed by atoms with Crippen LogP contribution in [0.1, 0.15) is 24.6 Å². The molecule has 0 aliphatic carbocycles. The standard InChI is InChI=1S/C16H20N2/c1-3-10-17-11-4-5-14-7-9-16-15(12-14)8-6-13(2)18-16/h4-9,12,17H,3,10-11H2,1-2H3/b5-4+. The van der Waals surface area contributed by atoms with E-state index in [9.17, 15) is 0 Å². The minimum Gasteiger partial charge on any atom is -0.313 e. The van der Waals surface area contributed by atoms with Gasteiger partial charge in [0, 0.05) is 17.6 Å².